The van der Waals surface area contributed by atoms with Crippen LogP contribution in [0, 0.1) is 11.3 Å². The van der Waals surface area contributed by atoms with Crippen molar-refractivity contribution in [3.8, 4) is 11.5 Å². The van der Waals surface area contributed by atoms with Gasteiger partial charge >= 0.3 is 12.1 Å². The lowest BCUT2D eigenvalue weighted by atomic mass is 9.79. The van der Waals surface area contributed by atoms with Gasteiger partial charge in [0.05, 0.1) is 20.6 Å². The predicted molar refractivity (Wildman–Crippen MR) is 159 cm³/mol. The Hall–Kier alpha value is -2.77. The number of amides is 1. The zero-order valence-electron chi connectivity index (χ0n) is 27.4. The van der Waals surface area contributed by atoms with Gasteiger partial charge in [0.2, 0.25) is 5.90 Å². The monoisotopic (exact) mass is 560 g/mol. The molecule has 1 aliphatic rings. The molecule has 0 saturated carbocycles. The topological polar surface area (TPSA) is 86.7 Å². The van der Waals surface area contributed by atoms with E-state index in [1.54, 1.807) is 12.0 Å². The highest BCUT2D eigenvalue weighted by molar-refractivity contribution is 5.89. The Kier molecular flexibility index (Phi) is 9.71. The van der Waals surface area contributed by atoms with Gasteiger partial charge in [0.25, 0.3) is 0 Å². The molecule has 8 nitrogen and oxygen atoms in total. The first-order valence-electron chi connectivity index (χ1n) is 14.1. The number of rotatable bonds is 5. The fourth-order valence-electron chi connectivity index (χ4n) is 4.83. The molecular weight excluding hydrogens is 508 g/mol. The maximum Gasteiger partial charge on any atom is 0.412 e. The van der Waals surface area contributed by atoms with E-state index in [-0.39, 0.29) is 28.6 Å². The van der Waals surface area contributed by atoms with Gasteiger partial charge in [-0.2, -0.15) is 0 Å². The lowest BCUT2D eigenvalue weighted by Crippen LogP contribution is -2.53. The van der Waals surface area contributed by atoms with Crippen LogP contribution in [0.4, 0.5) is 4.79 Å². The minimum Gasteiger partial charge on any atom is -0.497 e. The van der Waals surface area contributed by atoms with Crippen molar-refractivity contribution in [2.24, 2.45) is 16.3 Å². The van der Waals surface area contributed by atoms with E-state index in [1.807, 2.05) is 60.6 Å². The smallest absolute Gasteiger partial charge is 0.412 e. The quantitative estimate of drug-likeness (QED) is 0.278. The molecule has 8 heteroatoms. The summed E-state index contributed by atoms with van der Waals surface area (Å²) in [4.78, 5) is 33.5. The molecule has 0 bridgehead atoms. The Balaban J connectivity index is 2.49. The fraction of sp³-hybridized carbons (Fsp3) is 0.719. The maximum atomic E-state index is 13.6. The fourth-order valence-corrected chi connectivity index (χ4v) is 4.83. The molecule has 0 spiro atoms. The van der Waals surface area contributed by atoms with E-state index in [9.17, 15) is 9.59 Å². The van der Waals surface area contributed by atoms with Crippen LogP contribution >= 0.6 is 0 Å². The number of benzene rings is 1. The van der Waals surface area contributed by atoms with Crippen molar-refractivity contribution in [1.29, 1.82) is 0 Å². The summed E-state index contributed by atoms with van der Waals surface area (Å²) in [6.07, 6.45) is -0.960. The molecule has 1 amide bonds. The number of hydrogen-bond donors (Lipinski definition) is 0. The lowest BCUT2D eigenvalue weighted by Gasteiger charge is -2.38. The third-order valence-electron chi connectivity index (χ3n) is 6.81. The van der Waals surface area contributed by atoms with E-state index in [0.717, 1.165) is 16.9 Å². The molecule has 3 atom stereocenters. The van der Waals surface area contributed by atoms with E-state index in [0.29, 0.717) is 11.6 Å². The predicted octanol–water partition coefficient (Wildman–Crippen LogP) is 7.26. The highest BCUT2D eigenvalue weighted by Crippen LogP contribution is 2.43. The second kappa shape index (κ2) is 11.6. The Bertz CT molecular complexity index is 1080. The van der Waals surface area contributed by atoms with Gasteiger partial charge in [-0.15, -0.1) is 0 Å². The molecule has 1 aromatic rings. The number of carbonyl (C=O) groups excluding carboxylic acids is 2. The van der Waals surface area contributed by atoms with Crippen molar-refractivity contribution in [2.45, 2.75) is 125 Å². The standard InChI is InChI=1S/C32H52N2O6/c1-19(24-26(38-15)33-27(31(8,9)10)34(24)28(36)40-32(11,12)13)16-23(35)39-25-21(29(2,3)4)17-20(37-14)18-22(25)30(5,6)7/h17-19,24,27H,16H2,1-15H3/t19?,24-,27-/m0/s1. The van der Waals surface area contributed by atoms with Crippen LogP contribution in [-0.2, 0) is 25.1 Å². The van der Waals surface area contributed by atoms with Crippen molar-refractivity contribution < 1.29 is 28.5 Å². The summed E-state index contributed by atoms with van der Waals surface area (Å²) in [5.74, 6) is 0.923. The van der Waals surface area contributed by atoms with Gasteiger partial charge in [0, 0.05) is 16.5 Å². The zero-order valence-corrected chi connectivity index (χ0v) is 27.4. The summed E-state index contributed by atoms with van der Waals surface area (Å²) in [7, 11) is 3.18. The molecule has 0 N–H and O–H groups in total. The highest BCUT2D eigenvalue weighted by Gasteiger charge is 2.49. The normalized spacial score (nSPS) is 19.2. The molecule has 0 fully saturated rings. The third kappa shape index (κ3) is 7.91. The summed E-state index contributed by atoms with van der Waals surface area (Å²) < 4.78 is 23.2. The van der Waals surface area contributed by atoms with E-state index < -0.39 is 29.9 Å². The van der Waals surface area contributed by atoms with Gasteiger partial charge in [-0.25, -0.2) is 9.79 Å². The van der Waals surface area contributed by atoms with Crippen molar-refractivity contribution in [1.82, 2.24) is 4.90 Å². The van der Waals surface area contributed by atoms with Crippen molar-refractivity contribution >= 4 is 18.0 Å². The molecule has 0 aliphatic carbocycles. The van der Waals surface area contributed by atoms with E-state index >= 15 is 0 Å². The first kappa shape index (κ1) is 33.4. The Morgan fingerprint density at radius 1 is 0.875 bits per heavy atom. The zero-order chi connectivity index (χ0) is 31.0. The van der Waals surface area contributed by atoms with Gasteiger partial charge in [0.1, 0.15) is 29.3 Å². The van der Waals surface area contributed by atoms with Gasteiger partial charge in [-0.05, 0) is 49.7 Å². The Morgan fingerprint density at radius 3 is 1.75 bits per heavy atom. The SMILES string of the molecule is COC1=N[C@H](C(C)(C)C)N(C(=O)OC(C)(C)C)[C@H]1C(C)CC(=O)Oc1c(C(C)(C)C)cc(OC)cc1C(C)(C)C. The van der Waals surface area contributed by atoms with Crippen LogP contribution in [0.1, 0.15) is 108 Å². The molecule has 1 heterocycles. The van der Waals surface area contributed by atoms with Gasteiger partial charge in [-0.3, -0.25) is 9.69 Å². The van der Waals surface area contributed by atoms with Gasteiger partial charge < -0.3 is 18.9 Å². The lowest BCUT2D eigenvalue weighted by molar-refractivity contribution is -0.135. The Morgan fingerprint density at radius 2 is 1.38 bits per heavy atom. The van der Waals surface area contributed by atoms with Crippen LogP contribution in [0.25, 0.3) is 0 Å². The summed E-state index contributed by atoms with van der Waals surface area (Å²) >= 11 is 0. The summed E-state index contributed by atoms with van der Waals surface area (Å²) in [5.41, 5.74) is 0.0992. The first-order valence-corrected chi connectivity index (χ1v) is 14.1. The molecule has 40 heavy (non-hydrogen) atoms. The molecular formula is C32H52N2O6. The van der Waals surface area contributed by atoms with E-state index in [2.05, 4.69) is 41.5 Å². The average molecular weight is 561 g/mol. The Labute approximate surface area is 241 Å². The van der Waals surface area contributed by atoms with Crippen LogP contribution in [0.15, 0.2) is 17.1 Å². The minimum absolute atomic E-state index is 0.0440. The average Bonchev–Trinajstić information content (AvgIpc) is 3.17. The molecule has 2 rings (SSSR count). The number of nitrogens with zero attached hydrogens (tertiary/aromatic N) is 2. The summed E-state index contributed by atoms with van der Waals surface area (Å²) in [5, 5.41) is 0. The number of methoxy groups -OCH3 is 2. The molecule has 1 aromatic carbocycles. The highest BCUT2D eigenvalue weighted by atomic mass is 16.6. The summed E-state index contributed by atoms with van der Waals surface area (Å²) in [6, 6.07) is 3.29. The second-order valence-corrected chi connectivity index (χ2v) is 15.0. The molecule has 1 aliphatic heterocycles. The van der Waals surface area contributed by atoms with Crippen LogP contribution in [-0.4, -0.2) is 54.9 Å². The van der Waals surface area contributed by atoms with Crippen molar-refractivity contribution in [3.05, 3.63) is 23.3 Å². The largest absolute Gasteiger partial charge is 0.497 e. The second-order valence-electron chi connectivity index (χ2n) is 15.0. The number of esters is 1. The van der Waals surface area contributed by atoms with Crippen LogP contribution < -0.4 is 9.47 Å². The molecule has 0 aromatic heterocycles. The minimum atomic E-state index is -0.691. The van der Waals surface area contributed by atoms with Crippen LogP contribution in [0.5, 0.6) is 11.5 Å². The summed E-state index contributed by atoms with van der Waals surface area (Å²) in [6.45, 7) is 25.9. The van der Waals surface area contributed by atoms with Gasteiger partial charge in [-0.1, -0.05) is 69.2 Å². The number of hydrogen-bond acceptors (Lipinski definition) is 7. The molecule has 226 valence electrons. The van der Waals surface area contributed by atoms with E-state index in [4.69, 9.17) is 23.9 Å². The van der Waals surface area contributed by atoms with Crippen LogP contribution in [0.3, 0.4) is 0 Å². The molecule has 0 radical (unpaired) electrons. The molecule has 1 unspecified atom stereocenters. The first-order chi connectivity index (χ1) is 18.0. The van der Waals surface area contributed by atoms with Crippen molar-refractivity contribution in [2.75, 3.05) is 14.2 Å². The van der Waals surface area contributed by atoms with Gasteiger partial charge in [0.15, 0.2) is 0 Å². The number of aliphatic imine (C=N–C) groups is 1. The third-order valence-corrected chi connectivity index (χ3v) is 6.81. The number of carbonyl (C=O) groups is 2. The maximum absolute atomic E-state index is 13.6. The van der Waals surface area contributed by atoms with Crippen molar-refractivity contribution in [3.63, 3.8) is 0 Å². The molecule has 0 saturated heterocycles. The van der Waals surface area contributed by atoms with Crippen LogP contribution in [0.2, 0.25) is 0 Å². The van der Waals surface area contributed by atoms with E-state index in [1.165, 1.54) is 7.11 Å². The number of ether oxygens (including phenoxy) is 4.